The van der Waals surface area contributed by atoms with Crippen LogP contribution in [0, 0.1) is 0 Å². The van der Waals surface area contributed by atoms with Gasteiger partial charge >= 0.3 is 48.9 Å². The number of rotatable bonds is 4. The van der Waals surface area contributed by atoms with Gasteiger partial charge in [0.05, 0.1) is 0 Å². The molecule has 0 bridgehead atoms. The second kappa shape index (κ2) is 14.2. The summed E-state index contributed by atoms with van der Waals surface area (Å²) in [5.41, 5.74) is 7.25. The molecule has 2 heterocycles. The van der Waals surface area contributed by atoms with Crippen LogP contribution in [0.1, 0.15) is 22.3 Å². The van der Waals surface area contributed by atoms with Crippen LogP contribution >= 0.6 is 15.2 Å². The summed E-state index contributed by atoms with van der Waals surface area (Å²) in [6.07, 6.45) is 1.38. The molecular weight excluding hydrogens is 752 g/mol. The molecule has 0 radical (unpaired) electrons. The third-order valence-corrected chi connectivity index (χ3v) is 10.8. The second-order valence-electron chi connectivity index (χ2n) is 11.2. The maximum atomic E-state index is 12.4. The summed E-state index contributed by atoms with van der Waals surface area (Å²) in [5.74, 6) is 0.795. The van der Waals surface area contributed by atoms with Gasteiger partial charge in [0.1, 0.15) is 11.5 Å². The zero-order valence-electron chi connectivity index (χ0n) is 25.3. The summed E-state index contributed by atoms with van der Waals surface area (Å²) in [7, 11) is -8.18. The molecule has 0 aromatic heterocycles. The molecule has 0 fully saturated rings. The molecular formula is C38H28BaO6P2. The molecule has 228 valence electrons. The summed E-state index contributed by atoms with van der Waals surface area (Å²) < 4.78 is 35.4. The van der Waals surface area contributed by atoms with E-state index in [-0.39, 0.29) is 59.5 Å². The van der Waals surface area contributed by atoms with E-state index in [1.54, 1.807) is 36.4 Å². The second-order valence-corrected chi connectivity index (χ2v) is 14.5. The predicted molar refractivity (Wildman–Crippen MR) is 184 cm³/mol. The Morgan fingerprint density at radius 1 is 0.426 bits per heavy atom. The number of para-hydroxylation sites is 2. The molecule has 47 heavy (non-hydrogen) atoms. The van der Waals surface area contributed by atoms with E-state index in [1.807, 2.05) is 109 Å². The van der Waals surface area contributed by atoms with Crippen LogP contribution < -0.4 is 29.4 Å². The minimum Gasteiger partial charge on any atom is -0.765 e. The zero-order chi connectivity index (χ0) is 31.7. The van der Waals surface area contributed by atoms with Gasteiger partial charge in [-0.05, 0) is 70.5 Å². The quantitative estimate of drug-likeness (QED) is 0.147. The first-order valence-corrected chi connectivity index (χ1v) is 17.9. The van der Waals surface area contributed by atoms with E-state index in [0.717, 1.165) is 33.4 Å². The summed E-state index contributed by atoms with van der Waals surface area (Å²) in [6, 6.07) is 45.5. The van der Waals surface area contributed by atoms with Crippen LogP contribution in [0.15, 0.2) is 146 Å². The molecule has 2 aliphatic rings. The molecule has 2 unspecified atom stereocenters. The fraction of sp³-hybridized carbons (Fsp3) is 0.0526. The molecule has 2 aliphatic heterocycles. The molecule has 0 saturated heterocycles. The van der Waals surface area contributed by atoms with Crippen molar-refractivity contribution in [3.63, 3.8) is 0 Å². The maximum absolute atomic E-state index is 12.4. The van der Waals surface area contributed by atoms with E-state index in [4.69, 9.17) is 9.05 Å². The van der Waals surface area contributed by atoms with Gasteiger partial charge in [0.25, 0.3) is 0 Å². The summed E-state index contributed by atoms with van der Waals surface area (Å²) in [4.78, 5) is 24.9. The van der Waals surface area contributed by atoms with Crippen molar-refractivity contribution in [1.82, 2.24) is 0 Å². The van der Waals surface area contributed by atoms with E-state index in [9.17, 15) is 18.9 Å². The standard InChI is InChI=1S/2C19H15O3P.Ba/c2*20-23(21)19-13-15(12-14-6-2-1-3-7-14)10-11-17(19)16-8-4-5-9-18(16)22-23;/h2*1-11,13H,12H2,(H,20,21);/q;;+2/p-2. The summed E-state index contributed by atoms with van der Waals surface area (Å²) in [6.45, 7) is 0. The van der Waals surface area contributed by atoms with Gasteiger partial charge in [0, 0.05) is 21.7 Å². The number of fused-ring (bicyclic) bond motifs is 6. The zero-order valence-corrected chi connectivity index (χ0v) is 31.6. The molecule has 8 rings (SSSR count). The molecule has 6 nitrogen and oxygen atoms in total. The molecule has 6 aromatic carbocycles. The third-order valence-electron chi connectivity index (χ3n) is 8.01. The summed E-state index contributed by atoms with van der Waals surface area (Å²) in [5, 5.41) is 0.536. The third kappa shape index (κ3) is 7.33. The van der Waals surface area contributed by atoms with E-state index in [0.29, 0.717) is 35.5 Å². The molecule has 0 N–H and O–H groups in total. The fourth-order valence-corrected chi connectivity index (χ4v) is 8.50. The minimum atomic E-state index is -4.09. The van der Waals surface area contributed by atoms with Crippen LogP contribution in [-0.2, 0) is 22.0 Å². The van der Waals surface area contributed by atoms with Crippen molar-refractivity contribution in [3.05, 3.63) is 168 Å². The van der Waals surface area contributed by atoms with Gasteiger partial charge in [0.15, 0.2) is 0 Å². The Labute approximate surface area is 314 Å². The predicted octanol–water partition coefficient (Wildman–Crippen LogP) is 6.65. The van der Waals surface area contributed by atoms with Crippen molar-refractivity contribution in [2.75, 3.05) is 0 Å². The Morgan fingerprint density at radius 3 is 1.19 bits per heavy atom. The van der Waals surface area contributed by atoms with Gasteiger partial charge in [-0.1, -0.05) is 121 Å². The van der Waals surface area contributed by atoms with Crippen LogP contribution in [-0.4, -0.2) is 48.9 Å². The van der Waals surface area contributed by atoms with Crippen molar-refractivity contribution < 1.29 is 28.0 Å². The van der Waals surface area contributed by atoms with E-state index >= 15 is 0 Å². The van der Waals surface area contributed by atoms with Crippen molar-refractivity contribution in [2.45, 2.75) is 12.8 Å². The minimum absolute atomic E-state index is 0. The van der Waals surface area contributed by atoms with E-state index in [2.05, 4.69) is 0 Å². The van der Waals surface area contributed by atoms with Gasteiger partial charge in [-0.25, -0.2) is 0 Å². The Bertz CT molecular complexity index is 2000. The molecule has 0 aliphatic carbocycles. The molecule has 0 amide bonds. The van der Waals surface area contributed by atoms with Crippen molar-refractivity contribution >= 4 is 74.7 Å². The van der Waals surface area contributed by atoms with Crippen LogP contribution in [0.25, 0.3) is 22.3 Å². The van der Waals surface area contributed by atoms with Gasteiger partial charge in [-0.15, -0.1) is 0 Å². The first kappa shape index (κ1) is 33.8. The van der Waals surface area contributed by atoms with Crippen molar-refractivity contribution in [3.8, 4) is 33.8 Å². The van der Waals surface area contributed by atoms with Gasteiger partial charge < -0.3 is 18.8 Å². The summed E-state index contributed by atoms with van der Waals surface area (Å²) >= 11 is 0. The SMILES string of the molecule is O=P1([O-])Oc2ccccc2-c2ccc(Cc3ccccc3)cc21.O=P1([O-])Oc2ccccc2-c2ccc(Cc3ccccc3)cc21.[Ba+2]. The molecule has 2 atom stereocenters. The Hall–Kier alpha value is -3.13. The first-order valence-electron chi connectivity index (χ1n) is 14.8. The fourth-order valence-electron chi connectivity index (χ4n) is 5.84. The number of hydrogen-bond acceptors (Lipinski definition) is 6. The average Bonchev–Trinajstić information content (AvgIpc) is 3.06. The van der Waals surface area contributed by atoms with E-state index < -0.39 is 15.2 Å². The normalized spacial score (nSPS) is 18.3. The van der Waals surface area contributed by atoms with Crippen LogP contribution in [0.3, 0.4) is 0 Å². The van der Waals surface area contributed by atoms with Crippen LogP contribution in [0.4, 0.5) is 0 Å². The maximum Gasteiger partial charge on any atom is 2.00 e. The molecule has 6 aromatic rings. The Kier molecular flexibility index (Phi) is 10.2. The molecule has 0 spiro atoms. The van der Waals surface area contributed by atoms with Crippen molar-refractivity contribution in [2.24, 2.45) is 0 Å². The Balaban J connectivity index is 0.000000161. The largest absolute Gasteiger partial charge is 2.00 e. The smallest absolute Gasteiger partial charge is 0.765 e. The van der Waals surface area contributed by atoms with Gasteiger partial charge in [-0.3, -0.25) is 9.13 Å². The van der Waals surface area contributed by atoms with E-state index in [1.165, 1.54) is 0 Å². The first-order chi connectivity index (χ1) is 22.3. The van der Waals surface area contributed by atoms with Gasteiger partial charge in [-0.2, -0.15) is 0 Å². The molecule has 0 saturated carbocycles. The average molecular weight is 780 g/mol. The van der Waals surface area contributed by atoms with Gasteiger partial charge in [0.2, 0.25) is 15.2 Å². The van der Waals surface area contributed by atoms with Crippen molar-refractivity contribution in [1.29, 1.82) is 0 Å². The number of hydrogen-bond donors (Lipinski definition) is 0. The van der Waals surface area contributed by atoms with Crippen LogP contribution in [0.2, 0.25) is 0 Å². The monoisotopic (exact) mass is 780 g/mol. The topological polar surface area (TPSA) is 98.7 Å². The molecule has 9 heteroatoms. The number of benzene rings is 6. The Morgan fingerprint density at radius 2 is 0.787 bits per heavy atom. The van der Waals surface area contributed by atoms with Crippen LogP contribution in [0.5, 0.6) is 11.5 Å².